The maximum atomic E-state index is 12.2. The van der Waals surface area contributed by atoms with E-state index in [9.17, 15) is 9.59 Å². The molecule has 0 aliphatic carbocycles. The van der Waals surface area contributed by atoms with Crippen molar-refractivity contribution >= 4 is 33.6 Å². The van der Waals surface area contributed by atoms with E-state index >= 15 is 0 Å². The number of hydrogen-bond acceptors (Lipinski definition) is 5. The second-order valence-electron chi connectivity index (χ2n) is 6.38. The van der Waals surface area contributed by atoms with Crippen LogP contribution in [0.1, 0.15) is 25.0 Å². The Morgan fingerprint density at radius 2 is 2.25 bits per heavy atom. The van der Waals surface area contributed by atoms with Crippen molar-refractivity contribution in [1.82, 2.24) is 15.6 Å². The summed E-state index contributed by atoms with van der Waals surface area (Å²) in [7, 11) is 0. The number of urea groups is 1. The number of rotatable bonds is 3. The van der Waals surface area contributed by atoms with Gasteiger partial charge in [0.25, 0.3) is 0 Å². The molecule has 2 saturated heterocycles. The Labute approximate surface area is 149 Å². The number of nitrogens with zero attached hydrogens (tertiary/aromatic N) is 1. The first-order chi connectivity index (χ1) is 11.5. The molecule has 0 saturated carbocycles. The van der Waals surface area contributed by atoms with Crippen LogP contribution < -0.4 is 16.0 Å². The largest absolute Gasteiger partial charge is 0.460 e. The van der Waals surface area contributed by atoms with Crippen molar-refractivity contribution in [2.24, 2.45) is 5.41 Å². The predicted octanol–water partition coefficient (Wildman–Crippen LogP) is 1.96. The van der Waals surface area contributed by atoms with Crippen LogP contribution in [0.4, 0.5) is 10.5 Å². The summed E-state index contributed by atoms with van der Waals surface area (Å²) in [5.74, 6) is -0.122. The van der Waals surface area contributed by atoms with Crippen LogP contribution in [0, 0.1) is 12.3 Å². The van der Waals surface area contributed by atoms with Gasteiger partial charge in [0, 0.05) is 17.1 Å². The highest BCUT2D eigenvalue weighted by molar-refractivity contribution is 9.10. The number of aryl methyl sites for hydroxylation is 1. The molecule has 3 N–H and O–H groups in total. The molecule has 8 heteroatoms. The van der Waals surface area contributed by atoms with Gasteiger partial charge in [0.15, 0.2) is 0 Å². The molecular formula is C16H21BrN4O3. The van der Waals surface area contributed by atoms with Gasteiger partial charge in [-0.25, -0.2) is 4.79 Å². The van der Waals surface area contributed by atoms with E-state index in [1.807, 2.05) is 6.92 Å². The summed E-state index contributed by atoms with van der Waals surface area (Å²) >= 11 is 3.33. The van der Waals surface area contributed by atoms with E-state index in [-0.39, 0.29) is 23.5 Å². The highest BCUT2D eigenvalue weighted by Crippen LogP contribution is 2.41. The fourth-order valence-corrected chi connectivity index (χ4v) is 3.60. The molecule has 0 radical (unpaired) electrons. The Morgan fingerprint density at radius 3 is 3.00 bits per heavy atom. The quantitative estimate of drug-likeness (QED) is 0.679. The number of pyridine rings is 1. The monoisotopic (exact) mass is 396 g/mol. The van der Waals surface area contributed by atoms with Crippen LogP contribution in [-0.2, 0) is 9.53 Å². The van der Waals surface area contributed by atoms with E-state index < -0.39 is 0 Å². The van der Waals surface area contributed by atoms with Gasteiger partial charge in [0.1, 0.15) is 6.10 Å². The van der Waals surface area contributed by atoms with Gasteiger partial charge in [-0.2, -0.15) is 0 Å². The molecule has 2 amide bonds. The third-order valence-electron chi connectivity index (χ3n) is 4.68. The molecule has 1 aromatic rings. The first-order valence-corrected chi connectivity index (χ1v) is 8.87. The van der Waals surface area contributed by atoms with Gasteiger partial charge < -0.3 is 20.7 Å². The zero-order valence-corrected chi connectivity index (χ0v) is 15.1. The maximum Gasteiger partial charge on any atom is 0.319 e. The molecule has 2 aliphatic heterocycles. The number of hydrogen-bond donors (Lipinski definition) is 3. The van der Waals surface area contributed by atoms with Crippen LogP contribution in [0.5, 0.6) is 0 Å². The minimum absolute atomic E-state index is 0.122. The van der Waals surface area contributed by atoms with Crippen molar-refractivity contribution in [2.75, 3.05) is 25.0 Å². The lowest BCUT2D eigenvalue weighted by atomic mass is 9.76. The number of carbonyl (C=O) groups is 2. The molecule has 0 bridgehead atoms. The Bertz CT molecular complexity index is 646. The predicted molar refractivity (Wildman–Crippen MR) is 92.7 cm³/mol. The zero-order chi connectivity index (χ0) is 17.2. The molecule has 130 valence electrons. The van der Waals surface area contributed by atoms with Crippen LogP contribution >= 0.6 is 15.9 Å². The van der Waals surface area contributed by atoms with Crippen LogP contribution in [0.2, 0.25) is 0 Å². The molecule has 3 heterocycles. The maximum absolute atomic E-state index is 12.2. The van der Waals surface area contributed by atoms with Crippen molar-refractivity contribution in [3.8, 4) is 0 Å². The summed E-state index contributed by atoms with van der Waals surface area (Å²) in [6.07, 6.45) is 3.69. The Balaban J connectivity index is 1.52. The number of anilines is 1. The lowest BCUT2D eigenvalue weighted by Crippen LogP contribution is -2.40. The number of cyclic esters (lactones) is 1. The van der Waals surface area contributed by atoms with Gasteiger partial charge in [-0.3, -0.25) is 9.78 Å². The molecule has 2 fully saturated rings. The Hall–Kier alpha value is -1.67. The van der Waals surface area contributed by atoms with Crippen LogP contribution in [0.25, 0.3) is 0 Å². The lowest BCUT2D eigenvalue weighted by molar-refractivity contribution is -0.149. The standard InChI is InChI=1S/C16H21BrN4O3/c1-10-13(6-11(17)8-19-10)21-15(23)20-9-12-7-16(14(22)24-12)2-4-18-5-3-16/h6,8,12,18H,2-5,7,9H2,1H3,(H2,20,21,23). The van der Waals surface area contributed by atoms with Gasteiger partial charge in [-0.15, -0.1) is 0 Å². The second-order valence-corrected chi connectivity index (χ2v) is 7.30. The highest BCUT2D eigenvalue weighted by Gasteiger charge is 2.49. The highest BCUT2D eigenvalue weighted by atomic mass is 79.9. The minimum Gasteiger partial charge on any atom is -0.460 e. The molecule has 1 atom stereocenters. The average Bonchev–Trinajstić information content (AvgIpc) is 2.85. The van der Waals surface area contributed by atoms with E-state index in [2.05, 4.69) is 36.9 Å². The number of carbonyl (C=O) groups excluding carboxylic acids is 2. The third kappa shape index (κ3) is 3.70. The smallest absolute Gasteiger partial charge is 0.319 e. The van der Waals surface area contributed by atoms with Crippen molar-refractivity contribution in [1.29, 1.82) is 0 Å². The molecule has 24 heavy (non-hydrogen) atoms. The molecule has 1 unspecified atom stereocenters. The topological polar surface area (TPSA) is 92.4 Å². The van der Waals surface area contributed by atoms with Crippen molar-refractivity contribution in [3.63, 3.8) is 0 Å². The number of esters is 1. The van der Waals surface area contributed by atoms with Gasteiger partial charge in [0.05, 0.1) is 23.3 Å². The second kappa shape index (κ2) is 7.06. The van der Waals surface area contributed by atoms with E-state index in [4.69, 9.17) is 4.74 Å². The summed E-state index contributed by atoms with van der Waals surface area (Å²) in [4.78, 5) is 28.4. The summed E-state index contributed by atoms with van der Waals surface area (Å²) in [6.45, 7) is 3.81. The Kier molecular flexibility index (Phi) is 5.05. The summed E-state index contributed by atoms with van der Waals surface area (Å²) in [5.41, 5.74) is 1.01. The van der Waals surface area contributed by atoms with Gasteiger partial charge >= 0.3 is 12.0 Å². The number of amides is 2. The van der Waals surface area contributed by atoms with E-state index in [0.29, 0.717) is 18.7 Å². The molecule has 1 aromatic heterocycles. The summed E-state index contributed by atoms with van der Waals surface area (Å²) < 4.78 is 6.26. The minimum atomic E-state index is -0.362. The van der Waals surface area contributed by atoms with Crippen LogP contribution in [-0.4, -0.2) is 42.7 Å². The molecule has 3 rings (SSSR count). The van der Waals surface area contributed by atoms with Crippen molar-refractivity contribution < 1.29 is 14.3 Å². The zero-order valence-electron chi connectivity index (χ0n) is 13.5. The number of aromatic nitrogens is 1. The first-order valence-electron chi connectivity index (χ1n) is 8.07. The van der Waals surface area contributed by atoms with E-state index in [1.165, 1.54) is 0 Å². The van der Waals surface area contributed by atoms with Crippen molar-refractivity contribution in [2.45, 2.75) is 32.3 Å². The van der Waals surface area contributed by atoms with E-state index in [1.54, 1.807) is 12.3 Å². The van der Waals surface area contributed by atoms with Crippen LogP contribution in [0.3, 0.4) is 0 Å². The number of nitrogens with one attached hydrogen (secondary N) is 3. The van der Waals surface area contributed by atoms with Gasteiger partial charge in [-0.1, -0.05) is 0 Å². The number of halogens is 1. The number of piperidine rings is 1. The van der Waals surface area contributed by atoms with Crippen LogP contribution in [0.15, 0.2) is 16.7 Å². The van der Waals surface area contributed by atoms with Gasteiger partial charge in [-0.05, 0) is 54.9 Å². The lowest BCUT2D eigenvalue weighted by Gasteiger charge is -2.29. The SMILES string of the molecule is Cc1ncc(Br)cc1NC(=O)NCC1CC2(CCNCC2)C(=O)O1. The summed E-state index contributed by atoms with van der Waals surface area (Å²) in [6, 6.07) is 1.46. The molecule has 1 spiro atoms. The fourth-order valence-electron chi connectivity index (χ4n) is 3.27. The van der Waals surface area contributed by atoms with Crippen molar-refractivity contribution in [3.05, 3.63) is 22.4 Å². The van der Waals surface area contributed by atoms with Gasteiger partial charge in [0.2, 0.25) is 0 Å². The average molecular weight is 397 g/mol. The normalized spacial score (nSPS) is 22.2. The first kappa shape index (κ1) is 17.2. The molecule has 7 nitrogen and oxygen atoms in total. The molecule has 0 aromatic carbocycles. The summed E-state index contributed by atoms with van der Waals surface area (Å²) in [5, 5.41) is 8.80. The molecule has 2 aliphatic rings. The van der Waals surface area contributed by atoms with E-state index in [0.717, 1.165) is 36.1 Å². The third-order valence-corrected chi connectivity index (χ3v) is 5.11. The fraction of sp³-hybridized carbons (Fsp3) is 0.562. The molecular weight excluding hydrogens is 376 g/mol. The Morgan fingerprint density at radius 1 is 1.50 bits per heavy atom. The number of ether oxygens (including phenoxy) is 1.